The summed E-state index contributed by atoms with van der Waals surface area (Å²) in [6.07, 6.45) is 2.42. The predicted molar refractivity (Wildman–Crippen MR) is 69.2 cm³/mol. The number of carbonyl (C=O) groups is 2. The van der Waals surface area contributed by atoms with Gasteiger partial charge in [0.15, 0.2) is 0 Å². The Morgan fingerprint density at radius 2 is 2.17 bits per heavy atom. The molecule has 0 aliphatic rings. The third kappa shape index (κ3) is 4.82. The number of anilines is 1. The van der Waals surface area contributed by atoms with Crippen molar-refractivity contribution in [2.24, 2.45) is 5.73 Å². The summed E-state index contributed by atoms with van der Waals surface area (Å²) in [5.41, 5.74) is 6.23. The highest BCUT2D eigenvalue weighted by molar-refractivity contribution is 5.92. The molecule has 0 fully saturated rings. The van der Waals surface area contributed by atoms with E-state index in [1.54, 1.807) is 18.3 Å². The molecule has 98 valence electrons. The van der Waals surface area contributed by atoms with Crippen LogP contribution in [0.5, 0.6) is 0 Å². The van der Waals surface area contributed by atoms with Crippen LogP contribution in [0.3, 0.4) is 0 Å². The first-order valence-corrected chi connectivity index (χ1v) is 5.90. The smallest absolute Gasteiger partial charge is 0.269 e. The van der Waals surface area contributed by atoms with Crippen molar-refractivity contribution < 1.29 is 9.59 Å². The molecule has 1 rings (SSSR count). The zero-order chi connectivity index (χ0) is 13.4. The van der Waals surface area contributed by atoms with Crippen LogP contribution in [0.15, 0.2) is 18.3 Å². The Morgan fingerprint density at radius 1 is 1.39 bits per heavy atom. The standard InChI is InChI=1S/C12H18N4O2/c1-2-14-9-5-6-10(16-8-9)12(18)15-7-3-4-11(13)17/h5-6,8,14H,2-4,7H2,1H3,(H2,13,17)(H,15,18). The lowest BCUT2D eigenvalue weighted by atomic mass is 10.3. The molecular formula is C12H18N4O2. The molecule has 0 saturated heterocycles. The summed E-state index contributed by atoms with van der Waals surface area (Å²) < 4.78 is 0. The lowest BCUT2D eigenvalue weighted by Crippen LogP contribution is -2.26. The van der Waals surface area contributed by atoms with Crippen molar-refractivity contribution in [1.82, 2.24) is 10.3 Å². The summed E-state index contributed by atoms with van der Waals surface area (Å²) in [4.78, 5) is 26.2. The van der Waals surface area contributed by atoms with E-state index in [1.807, 2.05) is 6.92 Å². The van der Waals surface area contributed by atoms with E-state index in [0.29, 0.717) is 18.7 Å². The van der Waals surface area contributed by atoms with Crippen LogP contribution in [-0.2, 0) is 4.79 Å². The fourth-order valence-corrected chi connectivity index (χ4v) is 1.39. The highest BCUT2D eigenvalue weighted by atomic mass is 16.2. The van der Waals surface area contributed by atoms with Crippen LogP contribution in [0.25, 0.3) is 0 Å². The van der Waals surface area contributed by atoms with E-state index in [9.17, 15) is 9.59 Å². The first kappa shape index (κ1) is 14.0. The van der Waals surface area contributed by atoms with Crippen LogP contribution < -0.4 is 16.4 Å². The Labute approximate surface area is 106 Å². The Balaban J connectivity index is 2.39. The monoisotopic (exact) mass is 250 g/mol. The van der Waals surface area contributed by atoms with Crippen molar-refractivity contribution in [1.29, 1.82) is 0 Å². The third-order valence-corrected chi connectivity index (χ3v) is 2.26. The number of pyridine rings is 1. The van der Waals surface area contributed by atoms with E-state index in [1.165, 1.54) is 0 Å². The SMILES string of the molecule is CCNc1ccc(C(=O)NCCCC(N)=O)nc1. The van der Waals surface area contributed by atoms with Gasteiger partial charge in [0.05, 0.1) is 11.9 Å². The molecule has 0 spiro atoms. The number of aromatic nitrogens is 1. The van der Waals surface area contributed by atoms with E-state index in [0.717, 1.165) is 12.2 Å². The van der Waals surface area contributed by atoms with Crippen LogP contribution in [-0.4, -0.2) is 29.9 Å². The number of hydrogen-bond donors (Lipinski definition) is 3. The summed E-state index contributed by atoms with van der Waals surface area (Å²) in [5, 5.41) is 5.77. The van der Waals surface area contributed by atoms with Crippen molar-refractivity contribution in [2.75, 3.05) is 18.4 Å². The van der Waals surface area contributed by atoms with E-state index in [-0.39, 0.29) is 18.2 Å². The molecule has 2 amide bonds. The fourth-order valence-electron chi connectivity index (χ4n) is 1.39. The zero-order valence-corrected chi connectivity index (χ0v) is 10.4. The molecule has 0 aliphatic carbocycles. The molecule has 0 saturated carbocycles. The molecule has 0 aliphatic heterocycles. The number of nitrogens with two attached hydrogens (primary N) is 1. The van der Waals surface area contributed by atoms with Crippen molar-refractivity contribution in [3.8, 4) is 0 Å². The van der Waals surface area contributed by atoms with Crippen LogP contribution in [0, 0.1) is 0 Å². The molecule has 0 atom stereocenters. The van der Waals surface area contributed by atoms with Gasteiger partial charge in [0.2, 0.25) is 5.91 Å². The Hall–Kier alpha value is -2.11. The molecular weight excluding hydrogens is 232 g/mol. The summed E-state index contributed by atoms with van der Waals surface area (Å²) in [6.45, 7) is 3.21. The van der Waals surface area contributed by atoms with Gasteiger partial charge in [-0.05, 0) is 25.5 Å². The average Bonchev–Trinajstić information content (AvgIpc) is 2.35. The lowest BCUT2D eigenvalue weighted by molar-refractivity contribution is -0.118. The van der Waals surface area contributed by atoms with Crippen molar-refractivity contribution >= 4 is 17.5 Å². The maximum atomic E-state index is 11.6. The summed E-state index contributed by atoms with van der Waals surface area (Å²) in [6, 6.07) is 3.45. The predicted octanol–water partition coefficient (Wildman–Crippen LogP) is 0.509. The molecule has 18 heavy (non-hydrogen) atoms. The lowest BCUT2D eigenvalue weighted by Gasteiger charge is -2.05. The number of hydrogen-bond acceptors (Lipinski definition) is 4. The number of amides is 2. The minimum Gasteiger partial charge on any atom is -0.384 e. The zero-order valence-electron chi connectivity index (χ0n) is 10.4. The van der Waals surface area contributed by atoms with Crippen LogP contribution in [0.1, 0.15) is 30.3 Å². The van der Waals surface area contributed by atoms with Gasteiger partial charge in [0, 0.05) is 19.5 Å². The second-order valence-electron chi connectivity index (χ2n) is 3.79. The fraction of sp³-hybridized carbons (Fsp3) is 0.417. The first-order valence-electron chi connectivity index (χ1n) is 5.90. The van der Waals surface area contributed by atoms with Gasteiger partial charge in [-0.1, -0.05) is 0 Å². The number of primary amides is 1. The molecule has 1 aromatic rings. The van der Waals surface area contributed by atoms with E-state index in [2.05, 4.69) is 15.6 Å². The average molecular weight is 250 g/mol. The highest BCUT2D eigenvalue weighted by Gasteiger charge is 2.06. The number of carbonyl (C=O) groups excluding carboxylic acids is 2. The minimum absolute atomic E-state index is 0.248. The maximum Gasteiger partial charge on any atom is 0.269 e. The molecule has 6 nitrogen and oxygen atoms in total. The Kier molecular flexibility index (Phi) is 5.63. The second-order valence-corrected chi connectivity index (χ2v) is 3.79. The maximum absolute atomic E-state index is 11.6. The minimum atomic E-state index is -0.364. The molecule has 4 N–H and O–H groups in total. The van der Waals surface area contributed by atoms with E-state index >= 15 is 0 Å². The molecule has 0 aromatic carbocycles. The van der Waals surface area contributed by atoms with Gasteiger partial charge in [-0.2, -0.15) is 0 Å². The normalized spacial score (nSPS) is 9.83. The molecule has 1 aromatic heterocycles. The molecule has 0 unspecified atom stereocenters. The summed E-state index contributed by atoms with van der Waals surface area (Å²) >= 11 is 0. The summed E-state index contributed by atoms with van der Waals surface area (Å²) in [5.74, 6) is -0.611. The quantitative estimate of drug-likeness (QED) is 0.614. The van der Waals surface area contributed by atoms with Crippen LogP contribution in [0.4, 0.5) is 5.69 Å². The Morgan fingerprint density at radius 3 is 2.72 bits per heavy atom. The second kappa shape index (κ2) is 7.26. The number of rotatable bonds is 7. The van der Waals surface area contributed by atoms with Gasteiger partial charge in [-0.15, -0.1) is 0 Å². The third-order valence-electron chi connectivity index (χ3n) is 2.26. The van der Waals surface area contributed by atoms with Crippen molar-refractivity contribution in [3.05, 3.63) is 24.0 Å². The van der Waals surface area contributed by atoms with E-state index in [4.69, 9.17) is 5.73 Å². The molecule has 0 radical (unpaired) electrons. The van der Waals surface area contributed by atoms with Crippen molar-refractivity contribution in [2.45, 2.75) is 19.8 Å². The van der Waals surface area contributed by atoms with Gasteiger partial charge in [-0.3, -0.25) is 9.59 Å². The number of nitrogens with one attached hydrogen (secondary N) is 2. The van der Waals surface area contributed by atoms with Crippen molar-refractivity contribution in [3.63, 3.8) is 0 Å². The van der Waals surface area contributed by atoms with Crippen LogP contribution in [0.2, 0.25) is 0 Å². The van der Waals surface area contributed by atoms with Gasteiger partial charge in [0.1, 0.15) is 5.69 Å². The highest BCUT2D eigenvalue weighted by Crippen LogP contribution is 2.05. The van der Waals surface area contributed by atoms with Gasteiger partial charge in [-0.25, -0.2) is 4.98 Å². The summed E-state index contributed by atoms with van der Waals surface area (Å²) in [7, 11) is 0. The van der Waals surface area contributed by atoms with Gasteiger partial charge < -0.3 is 16.4 Å². The van der Waals surface area contributed by atoms with E-state index < -0.39 is 0 Å². The topological polar surface area (TPSA) is 97.1 Å². The van der Waals surface area contributed by atoms with Crippen LogP contribution >= 0.6 is 0 Å². The molecule has 6 heteroatoms. The number of nitrogens with zero attached hydrogens (tertiary/aromatic N) is 1. The molecule has 0 bridgehead atoms. The molecule has 1 heterocycles. The Bertz CT molecular complexity index is 403. The largest absolute Gasteiger partial charge is 0.384 e. The first-order chi connectivity index (χ1) is 8.63. The van der Waals surface area contributed by atoms with Gasteiger partial charge in [0.25, 0.3) is 5.91 Å². The van der Waals surface area contributed by atoms with Gasteiger partial charge >= 0.3 is 0 Å².